The van der Waals surface area contributed by atoms with E-state index in [1.807, 2.05) is 11.6 Å². The van der Waals surface area contributed by atoms with Gasteiger partial charge in [-0.25, -0.2) is 9.07 Å². The van der Waals surface area contributed by atoms with Crippen molar-refractivity contribution >= 4 is 5.91 Å². The molecular formula is C19H24FN5O. The van der Waals surface area contributed by atoms with Crippen molar-refractivity contribution in [3.05, 3.63) is 47.0 Å². The van der Waals surface area contributed by atoms with Gasteiger partial charge in [-0.1, -0.05) is 23.4 Å². The molecule has 2 aromatic rings. The van der Waals surface area contributed by atoms with Crippen LogP contribution in [-0.4, -0.2) is 44.9 Å². The van der Waals surface area contributed by atoms with Crippen molar-refractivity contribution in [1.82, 2.24) is 25.2 Å². The molecule has 1 aromatic heterocycles. The molecule has 0 radical (unpaired) electrons. The Morgan fingerprint density at radius 1 is 1.27 bits per heavy atom. The molecule has 2 aliphatic rings. The minimum absolute atomic E-state index is 0.145. The molecule has 138 valence electrons. The van der Waals surface area contributed by atoms with Gasteiger partial charge in [0.2, 0.25) is 0 Å². The molecule has 2 heterocycles. The lowest BCUT2D eigenvalue weighted by molar-refractivity contribution is 0.0721. The molecule has 1 N–H and O–H groups in total. The lowest BCUT2D eigenvalue weighted by Crippen LogP contribution is -2.34. The van der Waals surface area contributed by atoms with E-state index in [0.29, 0.717) is 11.3 Å². The number of hydrogen-bond donors (Lipinski definition) is 1. The summed E-state index contributed by atoms with van der Waals surface area (Å²) in [6.45, 7) is 4.09. The van der Waals surface area contributed by atoms with Crippen LogP contribution >= 0.6 is 0 Å². The summed E-state index contributed by atoms with van der Waals surface area (Å²) in [7, 11) is 0. The summed E-state index contributed by atoms with van der Waals surface area (Å²) in [6.07, 6.45) is 3.89. The van der Waals surface area contributed by atoms with Gasteiger partial charge in [-0.05, 0) is 51.8 Å². The highest BCUT2D eigenvalue weighted by Crippen LogP contribution is 2.31. The van der Waals surface area contributed by atoms with Crippen LogP contribution < -0.4 is 5.32 Å². The standard InChI is InChI=1S/C19H24FN5O/c1-13-18(22-23-25(13)16-8-10-21-11-9-16)19(26)24(15-6-7-15)12-14-4-2-3-5-17(14)20/h2-5,15-16,21H,6-12H2,1H3. The zero-order valence-corrected chi connectivity index (χ0v) is 15.0. The molecule has 0 atom stereocenters. The van der Waals surface area contributed by atoms with Crippen molar-refractivity contribution in [2.45, 2.75) is 51.2 Å². The largest absolute Gasteiger partial charge is 0.330 e. The quantitative estimate of drug-likeness (QED) is 0.893. The van der Waals surface area contributed by atoms with E-state index in [-0.39, 0.29) is 30.4 Å². The van der Waals surface area contributed by atoms with Gasteiger partial charge < -0.3 is 10.2 Å². The summed E-state index contributed by atoms with van der Waals surface area (Å²) >= 11 is 0. The number of nitrogens with zero attached hydrogens (tertiary/aromatic N) is 4. The highest BCUT2D eigenvalue weighted by Gasteiger charge is 2.36. The van der Waals surface area contributed by atoms with Gasteiger partial charge in [0.05, 0.1) is 11.7 Å². The average molecular weight is 357 g/mol. The molecule has 6 nitrogen and oxygen atoms in total. The smallest absolute Gasteiger partial charge is 0.276 e. The third-order valence-corrected chi connectivity index (χ3v) is 5.33. The summed E-state index contributed by atoms with van der Waals surface area (Å²) < 4.78 is 15.9. The van der Waals surface area contributed by atoms with Crippen LogP contribution in [0.1, 0.15) is 53.5 Å². The number of carbonyl (C=O) groups is 1. The van der Waals surface area contributed by atoms with Gasteiger partial charge in [0.15, 0.2) is 5.69 Å². The van der Waals surface area contributed by atoms with Crippen molar-refractivity contribution in [2.24, 2.45) is 0 Å². The first-order valence-electron chi connectivity index (χ1n) is 9.32. The maximum Gasteiger partial charge on any atom is 0.276 e. The first-order valence-corrected chi connectivity index (χ1v) is 9.32. The molecule has 0 unspecified atom stereocenters. The van der Waals surface area contributed by atoms with E-state index < -0.39 is 0 Å². The Bertz CT molecular complexity index is 795. The van der Waals surface area contributed by atoms with E-state index in [1.165, 1.54) is 6.07 Å². The lowest BCUT2D eigenvalue weighted by Gasteiger charge is -2.24. The fraction of sp³-hybridized carbons (Fsp3) is 0.526. The minimum Gasteiger partial charge on any atom is -0.330 e. The highest BCUT2D eigenvalue weighted by molar-refractivity contribution is 5.93. The number of rotatable bonds is 5. The second-order valence-electron chi connectivity index (χ2n) is 7.20. The SMILES string of the molecule is Cc1c(C(=O)N(Cc2ccccc2F)C2CC2)nnn1C1CCNCC1. The maximum atomic E-state index is 14.0. The molecule has 1 aromatic carbocycles. The monoisotopic (exact) mass is 357 g/mol. The molecule has 26 heavy (non-hydrogen) atoms. The second-order valence-corrected chi connectivity index (χ2v) is 7.20. The molecule has 4 rings (SSSR count). The van der Waals surface area contributed by atoms with Crippen LogP contribution in [0.5, 0.6) is 0 Å². The van der Waals surface area contributed by atoms with E-state index >= 15 is 0 Å². The molecular weight excluding hydrogens is 333 g/mol. The van der Waals surface area contributed by atoms with Gasteiger partial charge in [0.1, 0.15) is 5.82 Å². The van der Waals surface area contributed by atoms with E-state index in [2.05, 4.69) is 15.6 Å². The first kappa shape index (κ1) is 17.1. The number of piperidine rings is 1. The number of aromatic nitrogens is 3. The van der Waals surface area contributed by atoms with E-state index in [4.69, 9.17) is 0 Å². The molecule has 2 fully saturated rings. The number of benzene rings is 1. The van der Waals surface area contributed by atoms with Crippen LogP contribution in [0, 0.1) is 12.7 Å². The van der Waals surface area contributed by atoms with Crippen LogP contribution in [0.2, 0.25) is 0 Å². The predicted molar refractivity (Wildman–Crippen MR) is 95.2 cm³/mol. The number of halogens is 1. The third kappa shape index (κ3) is 3.35. The second kappa shape index (κ2) is 7.15. The number of amides is 1. The van der Waals surface area contributed by atoms with Crippen LogP contribution in [0.25, 0.3) is 0 Å². The average Bonchev–Trinajstić information content (AvgIpc) is 3.43. The van der Waals surface area contributed by atoms with Gasteiger partial charge in [-0.3, -0.25) is 4.79 Å². The third-order valence-electron chi connectivity index (χ3n) is 5.33. The highest BCUT2D eigenvalue weighted by atomic mass is 19.1. The summed E-state index contributed by atoms with van der Waals surface area (Å²) in [4.78, 5) is 14.9. The molecule has 7 heteroatoms. The van der Waals surface area contributed by atoms with Crippen LogP contribution in [0.15, 0.2) is 24.3 Å². The molecule has 0 bridgehead atoms. The van der Waals surface area contributed by atoms with Crippen molar-refractivity contribution in [1.29, 1.82) is 0 Å². The minimum atomic E-state index is -0.277. The summed E-state index contributed by atoms with van der Waals surface area (Å²) in [5.74, 6) is -0.422. The van der Waals surface area contributed by atoms with E-state index in [0.717, 1.165) is 44.5 Å². The predicted octanol–water partition coefficient (Wildman–Crippen LogP) is 2.45. The first-order chi connectivity index (χ1) is 12.6. The van der Waals surface area contributed by atoms with Gasteiger partial charge in [0, 0.05) is 18.2 Å². The Kier molecular flexibility index (Phi) is 4.72. The Labute approximate surface area is 152 Å². The topological polar surface area (TPSA) is 63.1 Å². The normalized spacial score (nSPS) is 18.1. The van der Waals surface area contributed by atoms with Gasteiger partial charge >= 0.3 is 0 Å². The molecule has 1 saturated carbocycles. The van der Waals surface area contributed by atoms with Gasteiger partial charge in [-0.2, -0.15) is 0 Å². The fourth-order valence-electron chi connectivity index (χ4n) is 3.64. The van der Waals surface area contributed by atoms with Crippen LogP contribution in [0.3, 0.4) is 0 Å². The Morgan fingerprint density at radius 2 is 2.00 bits per heavy atom. The number of hydrogen-bond acceptors (Lipinski definition) is 4. The summed E-state index contributed by atoms with van der Waals surface area (Å²) in [5, 5.41) is 11.8. The number of nitrogens with one attached hydrogen (secondary N) is 1. The zero-order chi connectivity index (χ0) is 18.1. The van der Waals surface area contributed by atoms with Crippen molar-refractivity contribution < 1.29 is 9.18 Å². The molecule has 0 spiro atoms. The Morgan fingerprint density at radius 3 is 2.69 bits per heavy atom. The lowest BCUT2D eigenvalue weighted by atomic mass is 10.1. The van der Waals surface area contributed by atoms with Crippen molar-refractivity contribution in [2.75, 3.05) is 13.1 Å². The van der Waals surface area contributed by atoms with Crippen molar-refractivity contribution in [3.8, 4) is 0 Å². The molecule has 1 saturated heterocycles. The van der Waals surface area contributed by atoms with E-state index in [1.54, 1.807) is 23.1 Å². The van der Waals surface area contributed by atoms with Crippen LogP contribution in [0.4, 0.5) is 4.39 Å². The summed E-state index contributed by atoms with van der Waals surface area (Å²) in [6, 6.07) is 7.08. The van der Waals surface area contributed by atoms with Crippen LogP contribution in [-0.2, 0) is 6.54 Å². The zero-order valence-electron chi connectivity index (χ0n) is 15.0. The molecule has 1 aliphatic heterocycles. The Hall–Kier alpha value is -2.28. The fourth-order valence-corrected chi connectivity index (χ4v) is 3.64. The van der Waals surface area contributed by atoms with E-state index in [9.17, 15) is 9.18 Å². The Balaban J connectivity index is 1.57. The molecule has 1 amide bonds. The number of carbonyl (C=O) groups excluding carboxylic acids is 1. The maximum absolute atomic E-state index is 14.0. The van der Waals surface area contributed by atoms with Gasteiger partial charge in [-0.15, -0.1) is 5.10 Å². The summed E-state index contributed by atoms with van der Waals surface area (Å²) in [5.41, 5.74) is 1.74. The molecule has 1 aliphatic carbocycles. The van der Waals surface area contributed by atoms with Crippen molar-refractivity contribution in [3.63, 3.8) is 0 Å². The van der Waals surface area contributed by atoms with Gasteiger partial charge in [0.25, 0.3) is 5.91 Å².